The Morgan fingerprint density at radius 3 is 2.54 bits per heavy atom. The SMILES string of the molecule is CCc1cc2c(s1)-n1c(C3CCCCC3)nnc1C(NC(=O)Nc1ccccc1C)N=C2c1ccccc1Cl. The average Bonchev–Trinajstić information content (AvgIpc) is 3.55. The highest BCUT2D eigenvalue weighted by atomic mass is 35.5. The molecule has 2 aromatic carbocycles. The normalized spacial score (nSPS) is 17.1. The second-order valence-electron chi connectivity index (χ2n) is 10.1. The topological polar surface area (TPSA) is 84.2 Å². The third kappa shape index (κ3) is 4.99. The molecule has 1 atom stereocenters. The summed E-state index contributed by atoms with van der Waals surface area (Å²) >= 11 is 8.46. The Morgan fingerprint density at radius 1 is 1.03 bits per heavy atom. The summed E-state index contributed by atoms with van der Waals surface area (Å²) in [5, 5.41) is 17.1. The Hall–Kier alpha value is -3.49. The van der Waals surface area contributed by atoms with Crippen LogP contribution in [0.25, 0.3) is 5.00 Å². The maximum atomic E-state index is 13.3. The van der Waals surface area contributed by atoms with E-state index in [1.165, 1.54) is 24.1 Å². The highest BCUT2D eigenvalue weighted by Crippen LogP contribution is 2.40. The van der Waals surface area contributed by atoms with E-state index in [9.17, 15) is 4.79 Å². The minimum atomic E-state index is -0.755. The summed E-state index contributed by atoms with van der Waals surface area (Å²) in [7, 11) is 0. The van der Waals surface area contributed by atoms with Gasteiger partial charge in [-0.2, -0.15) is 0 Å². The number of carbonyl (C=O) groups excluding carboxylic acids is 1. The van der Waals surface area contributed by atoms with Gasteiger partial charge in [0.25, 0.3) is 0 Å². The van der Waals surface area contributed by atoms with Crippen molar-refractivity contribution in [2.75, 3.05) is 5.32 Å². The van der Waals surface area contributed by atoms with Crippen LogP contribution < -0.4 is 10.6 Å². The van der Waals surface area contributed by atoms with E-state index in [1.54, 1.807) is 11.3 Å². The Bertz CT molecular complexity index is 1550. The zero-order valence-electron chi connectivity index (χ0n) is 22.1. The van der Waals surface area contributed by atoms with Crippen LogP contribution in [0.4, 0.5) is 10.5 Å². The molecule has 2 N–H and O–H groups in total. The highest BCUT2D eigenvalue weighted by molar-refractivity contribution is 7.15. The van der Waals surface area contributed by atoms with Crippen LogP contribution in [0, 0.1) is 6.92 Å². The fourth-order valence-corrected chi connectivity index (χ4v) is 6.82. The van der Waals surface area contributed by atoms with Crippen molar-refractivity contribution in [2.24, 2.45) is 4.99 Å². The fraction of sp³-hybridized carbons (Fsp3) is 0.333. The largest absolute Gasteiger partial charge is 0.321 e. The Labute approximate surface area is 237 Å². The van der Waals surface area contributed by atoms with Crippen LogP contribution in [0.15, 0.2) is 59.6 Å². The first-order valence-electron chi connectivity index (χ1n) is 13.6. The zero-order chi connectivity index (χ0) is 26.9. The molecular weight excluding hydrogens is 528 g/mol. The molecule has 1 unspecified atom stereocenters. The van der Waals surface area contributed by atoms with Gasteiger partial charge in [-0.3, -0.25) is 9.56 Å². The van der Waals surface area contributed by atoms with Crippen LogP contribution in [0.3, 0.4) is 0 Å². The molecule has 0 bridgehead atoms. The van der Waals surface area contributed by atoms with E-state index in [1.807, 2.05) is 55.5 Å². The molecular formula is C30H31ClN6OS. The number of rotatable bonds is 5. The van der Waals surface area contributed by atoms with Crippen LogP contribution >= 0.6 is 22.9 Å². The minimum Gasteiger partial charge on any atom is -0.309 e. The van der Waals surface area contributed by atoms with Crippen molar-refractivity contribution in [1.29, 1.82) is 0 Å². The first-order valence-corrected chi connectivity index (χ1v) is 14.8. The molecule has 3 heterocycles. The number of benzene rings is 2. The molecule has 2 aromatic heterocycles. The number of para-hydroxylation sites is 1. The lowest BCUT2D eigenvalue weighted by molar-refractivity contribution is 0.248. The van der Waals surface area contributed by atoms with Crippen molar-refractivity contribution >= 4 is 40.4 Å². The van der Waals surface area contributed by atoms with Crippen molar-refractivity contribution in [3.63, 3.8) is 0 Å². The third-order valence-corrected chi connectivity index (χ3v) is 9.14. The van der Waals surface area contributed by atoms with Crippen LogP contribution in [0.5, 0.6) is 0 Å². The summed E-state index contributed by atoms with van der Waals surface area (Å²) in [6.45, 7) is 4.12. The molecule has 2 aliphatic rings. The lowest BCUT2D eigenvalue weighted by Crippen LogP contribution is -2.33. The summed E-state index contributed by atoms with van der Waals surface area (Å²) in [6, 6.07) is 17.3. The third-order valence-electron chi connectivity index (χ3n) is 7.55. The van der Waals surface area contributed by atoms with Crippen LogP contribution in [0.2, 0.25) is 5.02 Å². The number of amides is 2. The molecule has 2 amide bonds. The molecule has 7 nitrogen and oxygen atoms in total. The van der Waals surface area contributed by atoms with Crippen LogP contribution in [-0.4, -0.2) is 26.5 Å². The molecule has 200 valence electrons. The Balaban J connectivity index is 1.49. The summed E-state index contributed by atoms with van der Waals surface area (Å²) < 4.78 is 2.17. The van der Waals surface area contributed by atoms with E-state index in [4.69, 9.17) is 21.7 Å². The van der Waals surface area contributed by atoms with Gasteiger partial charge in [-0.15, -0.1) is 21.5 Å². The highest BCUT2D eigenvalue weighted by Gasteiger charge is 2.34. The number of aromatic nitrogens is 3. The maximum Gasteiger partial charge on any atom is 0.321 e. The molecule has 9 heteroatoms. The lowest BCUT2D eigenvalue weighted by Gasteiger charge is -2.22. The van der Waals surface area contributed by atoms with E-state index in [0.717, 1.165) is 58.2 Å². The number of nitrogens with one attached hydrogen (secondary N) is 2. The number of hydrogen-bond donors (Lipinski definition) is 2. The standard InChI is InChI=1S/C30H31ClN6OS/c1-3-20-17-22-25(21-14-8-9-15-23(21)31)33-26(34-30(38)32-24-16-10-7-11-18(24)2)28-36-35-27(37(28)29(22)39-20)19-12-5-4-6-13-19/h7-11,14-17,19,26H,3-6,12-13H2,1-2H3,(H2,32,34,38). The fourth-order valence-electron chi connectivity index (χ4n) is 5.48. The number of fused-ring (bicyclic) bond motifs is 3. The predicted octanol–water partition coefficient (Wildman–Crippen LogP) is 7.57. The smallest absolute Gasteiger partial charge is 0.309 e. The summed E-state index contributed by atoms with van der Waals surface area (Å²) in [5.41, 5.74) is 4.28. The van der Waals surface area contributed by atoms with Crippen molar-refractivity contribution in [1.82, 2.24) is 20.1 Å². The number of aliphatic imine (C=N–C) groups is 1. The number of nitrogens with zero attached hydrogens (tertiary/aromatic N) is 4. The van der Waals surface area contributed by atoms with Gasteiger partial charge < -0.3 is 10.6 Å². The van der Waals surface area contributed by atoms with Crippen molar-refractivity contribution in [3.05, 3.63) is 92.8 Å². The maximum absolute atomic E-state index is 13.3. The molecule has 1 fully saturated rings. The van der Waals surface area contributed by atoms with Crippen molar-refractivity contribution < 1.29 is 4.79 Å². The number of aryl methyl sites for hydroxylation is 2. The monoisotopic (exact) mass is 558 g/mol. The van der Waals surface area contributed by atoms with E-state index < -0.39 is 6.17 Å². The second-order valence-corrected chi connectivity index (χ2v) is 11.7. The molecule has 0 spiro atoms. The Morgan fingerprint density at radius 2 is 1.77 bits per heavy atom. The molecule has 0 radical (unpaired) electrons. The second kappa shape index (κ2) is 10.9. The minimum absolute atomic E-state index is 0.323. The van der Waals surface area contributed by atoms with E-state index in [0.29, 0.717) is 16.8 Å². The molecule has 39 heavy (non-hydrogen) atoms. The lowest BCUT2D eigenvalue weighted by atomic mass is 9.88. The van der Waals surface area contributed by atoms with Gasteiger partial charge >= 0.3 is 6.03 Å². The van der Waals surface area contributed by atoms with Crippen molar-refractivity contribution in [2.45, 2.75) is 64.5 Å². The van der Waals surface area contributed by atoms with Crippen LogP contribution in [-0.2, 0) is 6.42 Å². The molecule has 1 aliphatic heterocycles. The molecule has 4 aromatic rings. The van der Waals surface area contributed by atoms with Crippen LogP contribution in [0.1, 0.15) is 84.3 Å². The average molecular weight is 559 g/mol. The molecule has 6 rings (SSSR count). The van der Waals surface area contributed by atoms with Gasteiger partial charge in [-0.1, -0.05) is 74.2 Å². The molecule has 0 saturated heterocycles. The number of carbonyl (C=O) groups is 1. The van der Waals surface area contributed by atoms with Gasteiger partial charge in [0.05, 0.1) is 5.71 Å². The Kier molecular flexibility index (Phi) is 7.23. The van der Waals surface area contributed by atoms with Gasteiger partial charge in [0.15, 0.2) is 12.0 Å². The summed E-state index contributed by atoms with van der Waals surface area (Å²) in [6.07, 6.45) is 5.95. The number of hydrogen-bond acceptors (Lipinski definition) is 5. The van der Waals surface area contributed by atoms with E-state index >= 15 is 0 Å². The first kappa shape index (κ1) is 25.8. The van der Waals surface area contributed by atoms with Gasteiger partial charge in [0, 0.05) is 32.6 Å². The predicted molar refractivity (Wildman–Crippen MR) is 158 cm³/mol. The number of thiophene rings is 1. The molecule has 1 aliphatic carbocycles. The molecule has 1 saturated carbocycles. The first-order chi connectivity index (χ1) is 19.0. The number of halogens is 1. The van der Waals surface area contributed by atoms with E-state index in [2.05, 4.69) is 33.3 Å². The van der Waals surface area contributed by atoms with Gasteiger partial charge in [0.2, 0.25) is 0 Å². The van der Waals surface area contributed by atoms with Gasteiger partial charge in [0.1, 0.15) is 10.8 Å². The van der Waals surface area contributed by atoms with Crippen molar-refractivity contribution in [3.8, 4) is 5.00 Å². The quantitative estimate of drug-likeness (QED) is 0.265. The summed E-state index contributed by atoms with van der Waals surface area (Å²) in [4.78, 5) is 19.7. The number of anilines is 1. The van der Waals surface area contributed by atoms with Gasteiger partial charge in [-0.05, 0) is 49.9 Å². The zero-order valence-corrected chi connectivity index (χ0v) is 23.6. The summed E-state index contributed by atoms with van der Waals surface area (Å²) in [5.74, 6) is 1.89. The van der Waals surface area contributed by atoms with E-state index in [-0.39, 0.29) is 6.03 Å². The van der Waals surface area contributed by atoms with Gasteiger partial charge in [-0.25, -0.2) is 4.79 Å². The number of urea groups is 1.